The van der Waals surface area contributed by atoms with Crippen LogP contribution in [-0.4, -0.2) is 47.9 Å². The van der Waals surface area contributed by atoms with Crippen molar-refractivity contribution >= 4 is 29.0 Å². The Bertz CT molecular complexity index is 1060. The van der Waals surface area contributed by atoms with Crippen LogP contribution in [0.5, 0.6) is 0 Å². The van der Waals surface area contributed by atoms with Gasteiger partial charge in [0.2, 0.25) is 5.91 Å². The van der Waals surface area contributed by atoms with Crippen molar-refractivity contribution in [2.24, 2.45) is 10.9 Å². The molecule has 0 saturated heterocycles. The van der Waals surface area contributed by atoms with Gasteiger partial charge in [0, 0.05) is 17.0 Å². The molecule has 0 radical (unpaired) electrons. The van der Waals surface area contributed by atoms with Crippen molar-refractivity contribution in [3.8, 4) is 0 Å². The van der Waals surface area contributed by atoms with Crippen LogP contribution in [0.25, 0.3) is 0 Å². The van der Waals surface area contributed by atoms with E-state index >= 15 is 0 Å². The molecule has 0 aromatic heterocycles. The van der Waals surface area contributed by atoms with Crippen molar-refractivity contribution in [2.75, 3.05) is 7.11 Å². The molecule has 0 bridgehead atoms. The van der Waals surface area contributed by atoms with E-state index in [-0.39, 0.29) is 66.9 Å². The van der Waals surface area contributed by atoms with Crippen molar-refractivity contribution < 1.29 is 54.2 Å². The van der Waals surface area contributed by atoms with E-state index in [1.165, 1.54) is 20.2 Å². The number of nitrogens with zero attached hydrogens (tertiary/aromatic N) is 2. The molecular weight excluding hydrogens is 738 g/mol. The molecule has 1 aromatic carbocycles. The number of benzene rings is 1. The standard InChI is InChI=1S/C26H29ClF2N3O3.C2H5.U/c1-5-21(17-8-10-19(27)11-9-17)32(25(34)13-23(33)18-6-7-18)22-12-24(35-4)20(31-15(22)2)14-30-16(3)26(28)29;1-2;/h8-12,14-15,18,21-22,26,31H,1,6-7,13H2,2-4H3;1H2,2H3;/q2*-1;+2/b20-14-,30-16?;;. The number of hydrogen-bond donors (Lipinski definition) is 1. The fourth-order valence-corrected chi connectivity index (χ4v) is 4.03. The van der Waals surface area contributed by atoms with E-state index in [0.717, 1.165) is 18.4 Å². The summed E-state index contributed by atoms with van der Waals surface area (Å²) in [5, 5.41) is 3.74. The third-order valence-electron chi connectivity index (χ3n) is 6.04. The molecule has 1 fully saturated rings. The predicted octanol–water partition coefficient (Wildman–Crippen LogP) is 5.87. The van der Waals surface area contributed by atoms with Crippen LogP contribution in [0.15, 0.2) is 59.6 Å². The van der Waals surface area contributed by atoms with Crippen LogP contribution >= 0.6 is 11.6 Å². The van der Waals surface area contributed by atoms with Crippen LogP contribution in [0.2, 0.25) is 5.02 Å². The Morgan fingerprint density at radius 2 is 1.92 bits per heavy atom. The maximum atomic E-state index is 13.5. The minimum Gasteiger partial charge on any atom is -0.495 e. The molecule has 204 valence electrons. The molecule has 10 heteroatoms. The van der Waals surface area contributed by atoms with Crippen LogP contribution in [-0.2, 0) is 14.3 Å². The number of Topliss-reactive ketones (excluding diaryl/α,β-unsaturated/α-hetero) is 1. The Hall–Kier alpha value is -1.95. The van der Waals surface area contributed by atoms with Crippen molar-refractivity contribution in [1.82, 2.24) is 10.2 Å². The van der Waals surface area contributed by atoms with Gasteiger partial charge >= 0.3 is 31.1 Å². The second-order valence-corrected chi connectivity index (χ2v) is 9.09. The number of carbonyl (C=O) groups is 2. The number of ketones is 1. The zero-order valence-corrected chi connectivity index (χ0v) is 27.1. The maximum Gasteiger partial charge on any atom is 2.00 e. The number of rotatable bonds is 10. The smallest absolute Gasteiger partial charge is 0.495 e. The van der Waals surface area contributed by atoms with Gasteiger partial charge in [-0.05, 0) is 44.9 Å². The predicted molar refractivity (Wildman–Crippen MR) is 142 cm³/mol. The van der Waals surface area contributed by atoms with Gasteiger partial charge in [-0.25, -0.2) is 8.78 Å². The van der Waals surface area contributed by atoms with Gasteiger partial charge in [-0.15, -0.1) is 0 Å². The van der Waals surface area contributed by atoms with E-state index in [1.54, 1.807) is 42.2 Å². The Labute approximate surface area is 253 Å². The maximum absolute atomic E-state index is 13.5. The largest absolute Gasteiger partial charge is 2.00 e. The summed E-state index contributed by atoms with van der Waals surface area (Å²) in [6, 6.07) is 5.39. The second kappa shape index (κ2) is 16.2. The molecule has 1 aromatic rings. The molecule has 3 rings (SSSR count). The molecule has 1 aliphatic heterocycles. The number of halogens is 3. The van der Waals surface area contributed by atoms with E-state index < -0.39 is 18.5 Å². The van der Waals surface area contributed by atoms with Crippen molar-refractivity contribution in [3.63, 3.8) is 0 Å². The number of carbonyl (C=O) groups excluding carboxylic acids is 2. The van der Waals surface area contributed by atoms with Gasteiger partial charge < -0.3 is 28.0 Å². The zero-order valence-electron chi connectivity index (χ0n) is 22.1. The van der Waals surface area contributed by atoms with Gasteiger partial charge in [0.25, 0.3) is 6.43 Å². The van der Waals surface area contributed by atoms with Crippen LogP contribution in [0, 0.1) is 50.0 Å². The van der Waals surface area contributed by atoms with E-state index in [9.17, 15) is 18.4 Å². The molecule has 3 atom stereocenters. The summed E-state index contributed by atoms with van der Waals surface area (Å²) < 4.78 is 31.2. The third kappa shape index (κ3) is 9.07. The van der Waals surface area contributed by atoms with E-state index in [4.69, 9.17) is 16.3 Å². The molecule has 1 aliphatic carbocycles. The van der Waals surface area contributed by atoms with Gasteiger partial charge in [-0.1, -0.05) is 35.3 Å². The molecule has 1 amide bonds. The third-order valence-corrected chi connectivity index (χ3v) is 6.29. The van der Waals surface area contributed by atoms with Crippen LogP contribution in [0.1, 0.15) is 51.6 Å². The first-order valence-corrected chi connectivity index (χ1v) is 12.4. The Balaban J connectivity index is 0.00000235. The van der Waals surface area contributed by atoms with Gasteiger partial charge in [0.05, 0.1) is 37.2 Å². The van der Waals surface area contributed by atoms with Gasteiger partial charge in [0.15, 0.2) is 0 Å². The minimum absolute atomic E-state index is 0. The minimum atomic E-state index is -2.67. The summed E-state index contributed by atoms with van der Waals surface area (Å²) in [5.41, 5.74) is 0.807. The first-order valence-electron chi connectivity index (χ1n) is 12.0. The average Bonchev–Trinajstić information content (AvgIpc) is 3.74. The fourth-order valence-electron chi connectivity index (χ4n) is 3.91. The molecule has 6 nitrogen and oxygen atoms in total. The molecule has 38 heavy (non-hydrogen) atoms. The van der Waals surface area contributed by atoms with E-state index in [2.05, 4.69) is 29.9 Å². The summed E-state index contributed by atoms with van der Waals surface area (Å²) in [6.45, 7) is 11.9. The van der Waals surface area contributed by atoms with Crippen molar-refractivity contribution in [1.29, 1.82) is 0 Å². The molecular formula is C28H34ClF2N3O3U. The number of alkyl halides is 2. The molecule has 1 heterocycles. The average molecular weight is 772 g/mol. The second-order valence-electron chi connectivity index (χ2n) is 8.65. The molecule has 2 aliphatic rings. The fraction of sp³-hybridized carbons (Fsp3) is 0.429. The normalized spacial score (nSPS) is 20.7. The summed E-state index contributed by atoms with van der Waals surface area (Å²) in [5.74, 6) is -0.157. The van der Waals surface area contributed by atoms with Crippen LogP contribution in [0.4, 0.5) is 8.78 Å². The monoisotopic (exact) mass is 771 g/mol. The number of nitrogens with one attached hydrogen (secondary N) is 1. The summed E-state index contributed by atoms with van der Waals surface area (Å²) >= 11 is 6.05. The SMILES string of the molecule is C=[C-]C(c1ccc(Cl)cc1)N(C(=O)CC(=O)C1CC1)C1C=C(OC)/C(=C/N=C(C)C(F)F)NC1C.[CH2-]C.[U+2]. The topological polar surface area (TPSA) is 71.0 Å². The molecule has 1 N–H and O–H groups in total. The van der Waals surface area contributed by atoms with Crippen LogP contribution < -0.4 is 5.32 Å². The molecule has 1 saturated carbocycles. The summed E-state index contributed by atoms with van der Waals surface area (Å²) in [7, 11) is 1.44. The first kappa shape index (κ1) is 34.1. The Morgan fingerprint density at radius 1 is 1.32 bits per heavy atom. The number of methoxy groups -OCH3 is 1. The van der Waals surface area contributed by atoms with Gasteiger partial charge in [-0.2, -0.15) is 6.92 Å². The number of ether oxygens (including phenoxy) is 1. The molecule has 0 spiro atoms. The van der Waals surface area contributed by atoms with Gasteiger partial charge in [-0.3, -0.25) is 21.2 Å². The quantitative estimate of drug-likeness (QED) is 0.184. The number of hydrogen-bond acceptors (Lipinski definition) is 5. The first-order chi connectivity index (χ1) is 17.7. The van der Waals surface area contributed by atoms with Crippen LogP contribution in [0.3, 0.4) is 0 Å². The van der Waals surface area contributed by atoms with Crippen molar-refractivity contribution in [2.45, 2.75) is 64.6 Å². The van der Waals surface area contributed by atoms with E-state index in [0.29, 0.717) is 16.5 Å². The molecule has 3 unspecified atom stereocenters. The van der Waals surface area contributed by atoms with E-state index in [1.807, 2.05) is 6.92 Å². The number of aliphatic imine (C=N–C) groups is 1. The van der Waals surface area contributed by atoms with Crippen molar-refractivity contribution in [3.05, 3.63) is 78.2 Å². The summed E-state index contributed by atoms with van der Waals surface area (Å²) in [4.78, 5) is 31.4. The Kier molecular flexibility index (Phi) is 14.6. The Morgan fingerprint density at radius 3 is 2.42 bits per heavy atom. The van der Waals surface area contributed by atoms with Gasteiger partial charge in [0.1, 0.15) is 11.5 Å². The number of amides is 1. The zero-order chi connectivity index (χ0) is 27.7. The summed E-state index contributed by atoms with van der Waals surface area (Å²) in [6.07, 6.45) is 4.66.